The van der Waals surface area contributed by atoms with Gasteiger partial charge in [-0.25, -0.2) is 44.2 Å². The summed E-state index contributed by atoms with van der Waals surface area (Å²) >= 11 is 0. The van der Waals surface area contributed by atoms with Crippen molar-refractivity contribution in [2.24, 2.45) is 23.7 Å². The molecule has 4 fully saturated rings. The molecule has 2 bridgehead atoms. The van der Waals surface area contributed by atoms with Crippen molar-refractivity contribution in [3.8, 4) is 11.3 Å². The Hall–Kier alpha value is -11.3. The number of methoxy groups -OCH3 is 1. The lowest BCUT2D eigenvalue weighted by Crippen LogP contribution is -2.54. The van der Waals surface area contributed by atoms with Crippen LogP contribution in [0, 0.1) is 23.7 Å². The zero-order valence-electron chi connectivity index (χ0n) is 75.6. The van der Waals surface area contributed by atoms with Gasteiger partial charge in [0.05, 0.1) is 95.1 Å². The molecule has 0 spiro atoms. The molecule has 13 rings (SSSR count). The predicted octanol–water partition coefficient (Wildman–Crippen LogP) is 9.63. The number of piperidine rings is 1. The number of H-pyrrole nitrogens is 1. The second kappa shape index (κ2) is 47.5. The van der Waals surface area contributed by atoms with Gasteiger partial charge in [0.1, 0.15) is 65.2 Å². The number of fused-ring (bicyclic) bond motifs is 6. The van der Waals surface area contributed by atoms with E-state index in [-0.39, 0.29) is 123 Å². The van der Waals surface area contributed by atoms with Crippen molar-refractivity contribution in [1.29, 1.82) is 0 Å². The first-order valence-electron chi connectivity index (χ1n) is 45.9. The van der Waals surface area contributed by atoms with Crippen molar-refractivity contribution in [1.82, 2.24) is 70.1 Å². The fourth-order valence-electron chi connectivity index (χ4n) is 17.7. The van der Waals surface area contributed by atoms with E-state index in [2.05, 4.69) is 68.7 Å². The second-order valence-electron chi connectivity index (χ2n) is 35.0. The Labute approximate surface area is 758 Å². The average Bonchev–Trinajstić information content (AvgIpc) is 1.61. The number of ketones is 3. The summed E-state index contributed by atoms with van der Waals surface area (Å²) in [5, 5.41) is 23.5. The third-order valence-electron chi connectivity index (χ3n) is 25.4. The van der Waals surface area contributed by atoms with Crippen molar-refractivity contribution in [3.63, 3.8) is 0 Å². The van der Waals surface area contributed by atoms with Gasteiger partial charge in [-0.1, -0.05) is 75.4 Å². The standard InChI is InChI=1S/C95H126N18O17/c1-60-13-8-7-9-14-61(2)81(123-6)50-73-15-12-17-80(128-73)85(118)91(120)112-31-11-10-16-76(112)92(121)129-74(49-77(114)63(4)46-64(5)79(116)51-78(115)62(3)45-60)25-21-65-19-23-72(24-20-65)130-95(122)104-54-67-52-101-93(102-53-67)109-33-35-110(36-34-109)94-103-56-75(86(96)107-94)90(119)99-30-38-125-40-42-127-44-43-126-41-39-124-37-28-82(117)111-32-27-68-47-66(18-22-70(68)58-111)57-113-89-83(87(97)105-59-106-89)84(108-113)71-48-69-26-29-98-88(69)100-55-71/h7-9,13-14,18,22,26,29,46-48,52-53,55-56,59-60,62-63,65,72-74,76,79-81,116H,10-12,15-17,19-21,23-25,27-28,30-45,49-51,54,57-58H2,1-6H3,(H,98,100)(H,99,119)(H,104,122)(H2,96,103,107)(H2,97,105,106)/b9-7+,13-8+,61-14+,64-46+/t60-,62-,63-,65-,72-,73?,74-,76+,79+,80?,81+/m1/s1. The average molecular weight is 1790 g/mol. The van der Waals surface area contributed by atoms with Crippen molar-refractivity contribution in [2.75, 3.05) is 127 Å². The number of nitrogens with one attached hydrogen (secondary N) is 3. The third-order valence-corrected chi connectivity index (χ3v) is 25.4. The Morgan fingerprint density at radius 1 is 0.685 bits per heavy atom. The summed E-state index contributed by atoms with van der Waals surface area (Å²) in [4.78, 5) is 152. The summed E-state index contributed by atoms with van der Waals surface area (Å²) in [5.74, 6) is -2.33. The Balaban J connectivity index is 0.473. The molecule has 1 saturated carbocycles. The number of hydrogen-bond donors (Lipinski definition) is 6. The first-order chi connectivity index (χ1) is 63.0. The van der Waals surface area contributed by atoms with Crippen molar-refractivity contribution in [3.05, 3.63) is 143 Å². The number of aromatic nitrogens is 10. The summed E-state index contributed by atoms with van der Waals surface area (Å²) in [6.45, 7) is 16.2. The van der Waals surface area contributed by atoms with Gasteiger partial charge in [0.2, 0.25) is 23.6 Å². The number of aromatic amines is 1. The Morgan fingerprint density at radius 3 is 2.18 bits per heavy atom. The maximum atomic E-state index is 14.5. The molecular formula is C95H126N18O17. The number of amides is 4. The van der Waals surface area contributed by atoms with Gasteiger partial charge in [-0.2, -0.15) is 10.1 Å². The number of Topliss-reactive ketones (excluding diaryl/α,β-unsaturated/α-hetero) is 3. The topological polar surface area (TPSA) is 444 Å². The maximum absolute atomic E-state index is 14.5. The van der Waals surface area contributed by atoms with Crippen molar-refractivity contribution in [2.45, 2.75) is 212 Å². The van der Waals surface area contributed by atoms with Crippen LogP contribution in [0.15, 0.2) is 115 Å². The normalized spacial score (nSPS) is 24.7. The lowest BCUT2D eigenvalue weighted by molar-refractivity contribution is -0.167. The molecule has 9 atom stereocenters. The third kappa shape index (κ3) is 26.7. The van der Waals surface area contributed by atoms with E-state index in [1.54, 1.807) is 45.6 Å². The van der Waals surface area contributed by atoms with Gasteiger partial charge in [-0.05, 0) is 156 Å². The number of carbonyl (C=O) groups is 8. The van der Waals surface area contributed by atoms with Gasteiger partial charge >= 0.3 is 12.1 Å². The van der Waals surface area contributed by atoms with E-state index >= 15 is 0 Å². The monoisotopic (exact) mass is 1790 g/mol. The summed E-state index contributed by atoms with van der Waals surface area (Å²) in [5.41, 5.74) is 21.2. The first-order valence-corrected chi connectivity index (χ1v) is 45.9. The molecule has 8 N–H and O–H groups in total. The number of nitrogen functional groups attached to an aromatic ring is 2. The van der Waals surface area contributed by atoms with E-state index in [1.807, 2.05) is 88.9 Å². The van der Waals surface area contributed by atoms with E-state index in [0.717, 1.165) is 39.7 Å². The highest BCUT2D eigenvalue weighted by Gasteiger charge is 2.42. The van der Waals surface area contributed by atoms with Crippen molar-refractivity contribution >= 4 is 92.7 Å². The van der Waals surface area contributed by atoms with E-state index in [9.17, 15) is 43.5 Å². The molecule has 35 heteroatoms. The van der Waals surface area contributed by atoms with Crippen molar-refractivity contribution < 1.29 is 81.4 Å². The van der Waals surface area contributed by atoms with Crippen LogP contribution >= 0.6 is 0 Å². The van der Waals surface area contributed by atoms with Crippen LogP contribution in [-0.4, -0.2) is 260 Å². The van der Waals surface area contributed by atoms with Crippen LogP contribution in [0.3, 0.4) is 0 Å². The molecule has 6 aliphatic rings. The number of rotatable bonds is 28. The highest BCUT2D eigenvalue weighted by molar-refractivity contribution is 6.38. The summed E-state index contributed by atoms with van der Waals surface area (Å²) < 4.78 is 49.0. The van der Waals surface area contributed by atoms with E-state index in [1.165, 1.54) is 23.0 Å². The number of carbonyl (C=O) groups excluding carboxylic acids is 8. The van der Waals surface area contributed by atoms with Crippen LogP contribution in [0.2, 0.25) is 0 Å². The van der Waals surface area contributed by atoms with E-state index < -0.39 is 59.9 Å². The summed E-state index contributed by atoms with van der Waals surface area (Å²) in [7, 11) is 1.63. The zero-order chi connectivity index (χ0) is 91.6. The molecule has 1 aliphatic carbocycles. The van der Waals surface area contributed by atoms with Gasteiger partial charge in [0.25, 0.3) is 11.8 Å². The number of alkyl carbamates (subject to hydrolysis) is 1. The molecule has 3 saturated heterocycles. The van der Waals surface area contributed by atoms with Gasteiger partial charge in [-0.3, -0.25) is 28.8 Å². The number of cyclic esters (lactones) is 1. The molecular weight excluding hydrogens is 1670 g/mol. The minimum absolute atomic E-state index is 0.0374. The van der Waals surface area contributed by atoms with E-state index in [4.69, 9.17) is 54.5 Å². The summed E-state index contributed by atoms with van der Waals surface area (Å²) in [6.07, 6.45) is 25.4. The fraction of sp³-hybridized carbons (Fsp3) is 0.558. The smallest absolute Gasteiger partial charge is 0.407 e. The van der Waals surface area contributed by atoms with Crippen LogP contribution in [0.25, 0.3) is 33.3 Å². The molecule has 0 radical (unpaired) electrons. The predicted molar refractivity (Wildman–Crippen MR) is 486 cm³/mol. The molecule has 130 heavy (non-hydrogen) atoms. The number of pyridine rings is 1. The lowest BCUT2D eigenvalue weighted by atomic mass is 9.83. The number of aliphatic hydroxyl groups excluding tert-OH is 1. The SMILES string of the molecule is CO[C@H]1CC2CCCC(O2)C(=O)C(=O)N2CCCC[C@H]2C(=O)O[C@H](CC[C@H]2CC[C@H](OC(=O)NCc3cnc(N4CCN(c5ncc(C(=O)NCCOCCOCCOCCOCCC(=O)N6CCc7cc(Cn8nc(-c9cnc%10[nH]ccc%10c9)c9c(N)ncnc98)ccc7C6)c(N)n5)CC4)nc3)CC2)CC(=O)[C@H](C)/C=C(\C)[C@@H](O)CC(=O)[C@H](C)C[C@H](C)/C=C/C=C/C=C/1C. The largest absolute Gasteiger partial charge is 0.460 e. The minimum atomic E-state index is -1.10. The van der Waals surface area contributed by atoms with Crippen LogP contribution in [0.5, 0.6) is 0 Å². The Kier molecular flexibility index (Phi) is 35.1. The van der Waals surface area contributed by atoms with Crippen LogP contribution in [-0.2, 0) is 92.7 Å². The number of allylic oxidation sites excluding steroid dienone is 6. The molecule has 4 amide bonds. The van der Waals surface area contributed by atoms with Crippen LogP contribution in [0.4, 0.5) is 28.3 Å². The molecule has 6 aromatic heterocycles. The lowest BCUT2D eigenvalue weighted by Gasteiger charge is -2.36. The number of nitrogens with zero attached hydrogens (tertiary/aromatic N) is 13. The van der Waals surface area contributed by atoms with Crippen LogP contribution < -0.4 is 31.9 Å². The highest BCUT2D eigenvalue weighted by Crippen LogP contribution is 2.36. The number of hydrogen-bond acceptors (Lipinski definition) is 29. The van der Waals surface area contributed by atoms with Gasteiger partial charge in [-0.15, -0.1) is 0 Å². The zero-order valence-corrected chi connectivity index (χ0v) is 75.6. The number of esters is 1. The highest BCUT2D eigenvalue weighted by atomic mass is 16.6. The number of ether oxygens (including phenoxy) is 8. The first kappa shape index (κ1) is 96.2. The number of nitrogens with two attached hydrogens (primary N) is 2. The number of piperazine rings is 1. The Bertz CT molecular complexity index is 5160. The van der Waals surface area contributed by atoms with Crippen LogP contribution in [0.1, 0.15) is 176 Å². The maximum Gasteiger partial charge on any atom is 0.407 e. The van der Waals surface area contributed by atoms with Gasteiger partial charge < -0.3 is 89.7 Å². The molecule has 7 aromatic rings. The summed E-state index contributed by atoms with van der Waals surface area (Å²) in [6, 6.07) is 9.28. The van der Waals surface area contributed by atoms with Gasteiger partial charge in [0, 0.05) is 145 Å². The number of benzene rings is 1. The Morgan fingerprint density at radius 2 is 1.42 bits per heavy atom. The quantitative estimate of drug-likeness (QED) is 0.0115. The van der Waals surface area contributed by atoms with Gasteiger partial charge in [0.15, 0.2) is 5.65 Å². The molecule has 698 valence electrons. The second-order valence-corrected chi connectivity index (χ2v) is 35.0. The molecule has 11 heterocycles. The number of aliphatic hydroxyl groups is 1. The molecule has 35 nitrogen and oxygen atoms in total. The fourth-order valence-corrected chi connectivity index (χ4v) is 17.7. The molecule has 5 aliphatic heterocycles. The molecule has 2 unspecified atom stereocenters. The molecule has 1 aromatic carbocycles. The van der Waals surface area contributed by atoms with E-state index in [0.29, 0.717) is 215 Å². The number of anilines is 4. The minimum Gasteiger partial charge on any atom is -0.460 e.